The molecule has 0 aliphatic carbocycles. The topological polar surface area (TPSA) is 68.5 Å². The average Bonchev–Trinajstić information content (AvgIpc) is 2.47. The van der Waals surface area contributed by atoms with Gasteiger partial charge in [-0.15, -0.1) is 12.4 Å². The lowest BCUT2D eigenvalue weighted by Gasteiger charge is -2.38. The summed E-state index contributed by atoms with van der Waals surface area (Å²) < 4.78 is 5.37. The second kappa shape index (κ2) is 8.19. The molecule has 0 saturated carbocycles. The summed E-state index contributed by atoms with van der Waals surface area (Å²) in [5.74, 6) is 0.123. The molecule has 0 radical (unpaired) electrons. The van der Waals surface area contributed by atoms with Crippen molar-refractivity contribution >= 4 is 18.3 Å². The summed E-state index contributed by atoms with van der Waals surface area (Å²) in [7, 11) is 1.71. The highest BCUT2D eigenvalue weighted by Gasteiger charge is 2.30. The van der Waals surface area contributed by atoms with E-state index in [0.717, 1.165) is 24.9 Å². The quantitative estimate of drug-likeness (QED) is 0.901. The fourth-order valence-corrected chi connectivity index (χ4v) is 2.56. The van der Waals surface area contributed by atoms with Gasteiger partial charge in [-0.05, 0) is 24.5 Å². The Hall–Kier alpha value is -1.17. The van der Waals surface area contributed by atoms with Crippen molar-refractivity contribution in [1.29, 1.82) is 0 Å². The number of rotatable bonds is 4. The van der Waals surface area contributed by atoms with Gasteiger partial charge in [0.05, 0.1) is 12.5 Å². The third-order valence-corrected chi connectivity index (χ3v) is 3.67. The minimum Gasteiger partial charge on any atom is -0.381 e. The fraction of sp³-hybridized carbons (Fsp3) is 0.571. The van der Waals surface area contributed by atoms with Gasteiger partial charge in [0.2, 0.25) is 5.91 Å². The maximum atomic E-state index is 12.3. The molecule has 1 aliphatic rings. The van der Waals surface area contributed by atoms with E-state index in [-0.39, 0.29) is 30.5 Å². The minimum absolute atomic E-state index is 0. The Labute approximate surface area is 125 Å². The zero-order valence-electron chi connectivity index (χ0n) is 11.7. The molecule has 5 nitrogen and oxygen atoms in total. The van der Waals surface area contributed by atoms with Crippen LogP contribution < -0.4 is 5.73 Å². The van der Waals surface area contributed by atoms with E-state index < -0.39 is 0 Å². The molecule has 2 atom stereocenters. The number of carbonyl (C=O) groups is 1. The lowest BCUT2D eigenvalue weighted by atomic mass is 9.98. The minimum atomic E-state index is 0. The van der Waals surface area contributed by atoms with Gasteiger partial charge < -0.3 is 15.4 Å². The lowest BCUT2D eigenvalue weighted by molar-refractivity contribution is -0.136. The van der Waals surface area contributed by atoms with Crippen molar-refractivity contribution in [1.82, 2.24) is 9.88 Å². The lowest BCUT2D eigenvalue weighted by Crippen LogP contribution is -2.51. The van der Waals surface area contributed by atoms with Gasteiger partial charge in [-0.3, -0.25) is 9.78 Å². The summed E-state index contributed by atoms with van der Waals surface area (Å²) in [6.45, 7) is 1.21. The Balaban J connectivity index is 0.00000200. The number of pyridine rings is 1. The average molecular weight is 300 g/mol. The third-order valence-electron chi connectivity index (χ3n) is 3.67. The Kier molecular flexibility index (Phi) is 6.91. The first-order chi connectivity index (χ1) is 9.24. The van der Waals surface area contributed by atoms with Crippen LogP contribution in [0.3, 0.4) is 0 Å². The largest absolute Gasteiger partial charge is 0.381 e. The highest BCUT2D eigenvalue weighted by molar-refractivity contribution is 5.85. The number of nitrogens with zero attached hydrogens (tertiary/aromatic N) is 2. The number of amides is 1. The van der Waals surface area contributed by atoms with Gasteiger partial charge in [0, 0.05) is 38.6 Å². The summed E-state index contributed by atoms with van der Waals surface area (Å²) in [4.78, 5) is 18.3. The first-order valence-corrected chi connectivity index (χ1v) is 6.65. The molecular formula is C14H22ClN3O2. The molecule has 112 valence electrons. The monoisotopic (exact) mass is 299 g/mol. The van der Waals surface area contributed by atoms with Crippen LogP contribution in [-0.4, -0.2) is 48.1 Å². The number of nitrogens with two attached hydrogens (primary N) is 1. The predicted octanol–water partition coefficient (Wildman–Crippen LogP) is 1.01. The van der Waals surface area contributed by atoms with E-state index in [4.69, 9.17) is 10.5 Å². The Morgan fingerprint density at radius 2 is 2.40 bits per heavy atom. The van der Waals surface area contributed by atoms with Gasteiger partial charge in [-0.25, -0.2) is 0 Å². The Morgan fingerprint density at radius 1 is 1.60 bits per heavy atom. The maximum absolute atomic E-state index is 12.3. The summed E-state index contributed by atoms with van der Waals surface area (Å²) in [6.07, 6.45) is 5.76. The standard InChI is InChI=1S/C14H21N3O2.ClH/c1-19-13-4-6-17(12(8-13)9-15)14(18)7-11-3-2-5-16-10-11;/h2-3,5,10,12-13H,4,6-9,15H2,1H3;1H. The molecule has 1 aromatic heterocycles. The highest BCUT2D eigenvalue weighted by atomic mass is 35.5. The highest BCUT2D eigenvalue weighted by Crippen LogP contribution is 2.20. The summed E-state index contributed by atoms with van der Waals surface area (Å²) in [5, 5.41) is 0. The summed E-state index contributed by atoms with van der Waals surface area (Å²) in [5.41, 5.74) is 6.72. The maximum Gasteiger partial charge on any atom is 0.227 e. The molecule has 2 unspecified atom stereocenters. The van der Waals surface area contributed by atoms with Gasteiger partial charge in [-0.2, -0.15) is 0 Å². The summed E-state index contributed by atoms with van der Waals surface area (Å²) >= 11 is 0. The van der Waals surface area contributed by atoms with E-state index in [2.05, 4.69) is 4.98 Å². The molecule has 2 heterocycles. The molecule has 1 amide bonds. The SMILES string of the molecule is COC1CCN(C(=O)Cc2cccnc2)C(CN)C1.Cl. The van der Waals surface area contributed by atoms with Crippen molar-refractivity contribution in [2.75, 3.05) is 20.2 Å². The van der Waals surface area contributed by atoms with E-state index in [9.17, 15) is 4.79 Å². The van der Waals surface area contributed by atoms with E-state index in [1.54, 1.807) is 19.5 Å². The van der Waals surface area contributed by atoms with E-state index >= 15 is 0 Å². The molecule has 0 aromatic carbocycles. The number of hydrogen-bond donors (Lipinski definition) is 1. The molecule has 6 heteroatoms. The van der Waals surface area contributed by atoms with Crippen LogP contribution in [0.2, 0.25) is 0 Å². The van der Waals surface area contributed by atoms with Crippen LogP contribution in [0.15, 0.2) is 24.5 Å². The molecule has 20 heavy (non-hydrogen) atoms. The molecule has 0 bridgehead atoms. The van der Waals surface area contributed by atoms with Gasteiger partial charge >= 0.3 is 0 Å². The number of halogens is 1. The van der Waals surface area contributed by atoms with Crippen molar-refractivity contribution < 1.29 is 9.53 Å². The first kappa shape index (κ1) is 16.9. The van der Waals surface area contributed by atoms with Crippen molar-refractivity contribution in [2.45, 2.75) is 31.4 Å². The number of carbonyl (C=O) groups excluding carboxylic acids is 1. The fourth-order valence-electron chi connectivity index (χ4n) is 2.56. The van der Waals surface area contributed by atoms with Gasteiger partial charge in [-0.1, -0.05) is 6.07 Å². The summed E-state index contributed by atoms with van der Waals surface area (Å²) in [6, 6.07) is 3.85. The number of methoxy groups -OCH3 is 1. The van der Waals surface area contributed by atoms with Crippen molar-refractivity contribution in [3.8, 4) is 0 Å². The smallest absolute Gasteiger partial charge is 0.227 e. The van der Waals surface area contributed by atoms with Crippen LogP contribution in [0.1, 0.15) is 18.4 Å². The molecule has 1 fully saturated rings. The van der Waals surface area contributed by atoms with E-state index in [0.29, 0.717) is 13.0 Å². The zero-order chi connectivity index (χ0) is 13.7. The van der Waals surface area contributed by atoms with E-state index in [1.165, 1.54) is 0 Å². The predicted molar refractivity (Wildman–Crippen MR) is 79.8 cm³/mol. The Morgan fingerprint density at radius 3 is 3.00 bits per heavy atom. The zero-order valence-corrected chi connectivity index (χ0v) is 12.5. The number of aromatic nitrogens is 1. The third kappa shape index (κ3) is 4.16. The second-order valence-corrected chi connectivity index (χ2v) is 4.90. The van der Waals surface area contributed by atoms with E-state index in [1.807, 2.05) is 17.0 Å². The Bertz CT molecular complexity index is 416. The van der Waals surface area contributed by atoms with Crippen LogP contribution in [0.25, 0.3) is 0 Å². The molecule has 2 rings (SSSR count). The number of piperidine rings is 1. The van der Waals surface area contributed by atoms with Crippen LogP contribution in [0, 0.1) is 0 Å². The molecular weight excluding hydrogens is 278 g/mol. The van der Waals surface area contributed by atoms with Gasteiger partial charge in [0.25, 0.3) is 0 Å². The van der Waals surface area contributed by atoms with Gasteiger partial charge in [0.15, 0.2) is 0 Å². The first-order valence-electron chi connectivity index (χ1n) is 6.65. The molecule has 1 aliphatic heterocycles. The number of hydrogen-bond acceptors (Lipinski definition) is 4. The normalized spacial score (nSPS) is 22.2. The van der Waals surface area contributed by atoms with Crippen LogP contribution in [0.4, 0.5) is 0 Å². The number of likely N-dealkylation sites (tertiary alicyclic amines) is 1. The van der Waals surface area contributed by atoms with Crippen LogP contribution in [-0.2, 0) is 16.0 Å². The second-order valence-electron chi connectivity index (χ2n) is 4.90. The molecule has 2 N–H and O–H groups in total. The molecule has 0 spiro atoms. The van der Waals surface area contributed by atoms with Crippen molar-refractivity contribution in [2.24, 2.45) is 5.73 Å². The van der Waals surface area contributed by atoms with Gasteiger partial charge in [0.1, 0.15) is 0 Å². The number of ether oxygens (including phenoxy) is 1. The van der Waals surface area contributed by atoms with Crippen LogP contribution >= 0.6 is 12.4 Å². The van der Waals surface area contributed by atoms with Crippen LogP contribution in [0.5, 0.6) is 0 Å². The molecule has 1 saturated heterocycles. The van der Waals surface area contributed by atoms with Crippen molar-refractivity contribution in [3.05, 3.63) is 30.1 Å². The molecule has 1 aromatic rings. The van der Waals surface area contributed by atoms with Crippen molar-refractivity contribution in [3.63, 3.8) is 0 Å².